The van der Waals surface area contributed by atoms with Crippen molar-refractivity contribution in [3.8, 4) is 11.3 Å². The Morgan fingerprint density at radius 2 is 1.94 bits per heavy atom. The third-order valence-corrected chi connectivity index (χ3v) is 2.80. The number of benzene rings is 1. The Balaban J connectivity index is 2.66. The number of carboxylic acid groups (broad SMARTS) is 1. The summed E-state index contributed by atoms with van der Waals surface area (Å²) in [5.41, 5.74) is 1.60. The summed E-state index contributed by atoms with van der Waals surface area (Å²) in [6.07, 6.45) is 0.654. The van der Waals surface area contributed by atoms with Crippen LogP contribution in [0, 0.1) is 0 Å². The van der Waals surface area contributed by atoms with Gasteiger partial charge in [0.1, 0.15) is 5.56 Å². The summed E-state index contributed by atoms with van der Waals surface area (Å²) in [7, 11) is 0. The molecular formula is C14H13NO3. The van der Waals surface area contributed by atoms with Crippen molar-refractivity contribution in [2.24, 2.45) is 0 Å². The van der Waals surface area contributed by atoms with E-state index in [1.54, 1.807) is 0 Å². The van der Waals surface area contributed by atoms with Crippen LogP contribution in [0.4, 0.5) is 0 Å². The highest BCUT2D eigenvalue weighted by Crippen LogP contribution is 2.20. The summed E-state index contributed by atoms with van der Waals surface area (Å²) in [5.74, 6) is -1.20. The smallest absolute Gasteiger partial charge is 0.341 e. The van der Waals surface area contributed by atoms with Crippen LogP contribution >= 0.6 is 0 Å². The average molecular weight is 243 g/mol. The van der Waals surface area contributed by atoms with Gasteiger partial charge < -0.3 is 10.1 Å². The number of aromatic amines is 1. The lowest BCUT2D eigenvalue weighted by Crippen LogP contribution is -2.19. The van der Waals surface area contributed by atoms with E-state index in [0.29, 0.717) is 12.1 Å². The molecule has 0 spiro atoms. The van der Waals surface area contributed by atoms with Crippen LogP contribution in [-0.4, -0.2) is 16.1 Å². The summed E-state index contributed by atoms with van der Waals surface area (Å²) < 4.78 is 0. The highest BCUT2D eigenvalue weighted by atomic mass is 16.4. The SMILES string of the molecule is CCc1cc(C(=O)O)c(=O)[nH]c1-c1ccccc1. The summed E-state index contributed by atoms with van der Waals surface area (Å²) in [4.78, 5) is 25.3. The van der Waals surface area contributed by atoms with Gasteiger partial charge in [-0.3, -0.25) is 4.79 Å². The van der Waals surface area contributed by atoms with Gasteiger partial charge in [-0.15, -0.1) is 0 Å². The lowest BCUT2D eigenvalue weighted by molar-refractivity contribution is 0.0695. The number of hydrogen-bond donors (Lipinski definition) is 2. The van der Waals surface area contributed by atoms with Crippen molar-refractivity contribution >= 4 is 5.97 Å². The van der Waals surface area contributed by atoms with Gasteiger partial charge >= 0.3 is 5.97 Å². The Bertz CT molecular complexity index is 629. The van der Waals surface area contributed by atoms with Crippen molar-refractivity contribution in [1.29, 1.82) is 0 Å². The second-order valence-corrected chi connectivity index (χ2v) is 3.94. The molecular weight excluding hydrogens is 230 g/mol. The van der Waals surface area contributed by atoms with Gasteiger partial charge in [0.25, 0.3) is 5.56 Å². The lowest BCUT2D eigenvalue weighted by Gasteiger charge is -2.08. The minimum Gasteiger partial charge on any atom is -0.477 e. The molecule has 18 heavy (non-hydrogen) atoms. The molecule has 2 rings (SSSR count). The normalized spacial score (nSPS) is 10.3. The highest BCUT2D eigenvalue weighted by molar-refractivity contribution is 5.88. The number of nitrogens with one attached hydrogen (secondary N) is 1. The Hall–Kier alpha value is -2.36. The first-order chi connectivity index (χ1) is 8.63. The molecule has 2 N–H and O–H groups in total. The molecule has 0 aliphatic carbocycles. The Kier molecular flexibility index (Phi) is 3.28. The van der Waals surface area contributed by atoms with Crippen molar-refractivity contribution in [2.45, 2.75) is 13.3 Å². The van der Waals surface area contributed by atoms with E-state index >= 15 is 0 Å². The third-order valence-electron chi connectivity index (χ3n) is 2.80. The molecule has 0 amide bonds. The van der Waals surface area contributed by atoms with Gasteiger partial charge in [0.05, 0.1) is 5.69 Å². The first-order valence-electron chi connectivity index (χ1n) is 5.68. The van der Waals surface area contributed by atoms with Crippen LogP contribution in [0.2, 0.25) is 0 Å². The minimum absolute atomic E-state index is 0.216. The molecule has 92 valence electrons. The number of aromatic carboxylic acids is 1. The van der Waals surface area contributed by atoms with Gasteiger partial charge in [-0.2, -0.15) is 0 Å². The second kappa shape index (κ2) is 4.87. The van der Waals surface area contributed by atoms with Gasteiger partial charge in [0.15, 0.2) is 0 Å². The van der Waals surface area contributed by atoms with Crippen LogP contribution in [0.3, 0.4) is 0 Å². The zero-order valence-corrected chi connectivity index (χ0v) is 9.93. The van der Waals surface area contributed by atoms with Gasteiger partial charge in [-0.1, -0.05) is 37.3 Å². The number of aromatic nitrogens is 1. The number of carboxylic acids is 1. The van der Waals surface area contributed by atoms with Crippen LogP contribution in [-0.2, 0) is 6.42 Å². The van der Waals surface area contributed by atoms with Gasteiger partial charge in [0, 0.05) is 0 Å². The molecule has 0 saturated carbocycles. The van der Waals surface area contributed by atoms with E-state index in [2.05, 4.69) is 4.98 Å². The Labute approximate surface area is 104 Å². The van der Waals surface area contributed by atoms with Crippen LogP contribution in [0.1, 0.15) is 22.8 Å². The van der Waals surface area contributed by atoms with Crippen molar-refractivity contribution in [3.63, 3.8) is 0 Å². The van der Waals surface area contributed by atoms with Crippen LogP contribution < -0.4 is 5.56 Å². The van der Waals surface area contributed by atoms with E-state index in [4.69, 9.17) is 5.11 Å². The number of carbonyl (C=O) groups is 1. The van der Waals surface area contributed by atoms with Crippen LogP contribution in [0.25, 0.3) is 11.3 Å². The van der Waals surface area contributed by atoms with E-state index in [0.717, 1.165) is 11.1 Å². The van der Waals surface area contributed by atoms with Crippen LogP contribution in [0.5, 0.6) is 0 Å². The zero-order valence-electron chi connectivity index (χ0n) is 9.93. The fourth-order valence-electron chi connectivity index (χ4n) is 1.87. The van der Waals surface area contributed by atoms with E-state index in [9.17, 15) is 9.59 Å². The van der Waals surface area contributed by atoms with Gasteiger partial charge in [0.2, 0.25) is 0 Å². The summed E-state index contributed by atoms with van der Waals surface area (Å²) in [5, 5.41) is 8.93. The van der Waals surface area contributed by atoms with E-state index < -0.39 is 11.5 Å². The largest absolute Gasteiger partial charge is 0.477 e. The Morgan fingerprint density at radius 3 is 2.50 bits per heavy atom. The minimum atomic E-state index is -1.20. The van der Waals surface area contributed by atoms with Gasteiger partial charge in [-0.05, 0) is 23.6 Å². The number of aryl methyl sites for hydroxylation is 1. The zero-order chi connectivity index (χ0) is 13.1. The van der Waals surface area contributed by atoms with E-state index in [-0.39, 0.29) is 5.56 Å². The molecule has 4 heteroatoms. The maximum absolute atomic E-state index is 11.7. The molecule has 1 aromatic heterocycles. The molecule has 1 aromatic carbocycles. The fraction of sp³-hybridized carbons (Fsp3) is 0.143. The molecule has 0 fully saturated rings. The van der Waals surface area contributed by atoms with Gasteiger partial charge in [-0.25, -0.2) is 4.79 Å². The molecule has 0 radical (unpaired) electrons. The second-order valence-electron chi connectivity index (χ2n) is 3.94. The van der Waals surface area contributed by atoms with E-state index in [1.165, 1.54) is 6.07 Å². The molecule has 0 saturated heterocycles. The predicted molar refractivity (Wildman–Crippen MR) is 68.8 cm³/mol. The topological polar surface area (TPSA) is 70.2 Å². The molecule has 0 unspecified atom stereocenters. The monoisotopic (exact) mass is 243 g/mol. The first kappa shape index (κ1) is 12.1. The predicted octanol–water partition coefficient (Wildman–Crippen LogP) is 2.30. The van der Waals surface area contributed by atoms with Crippen molar-refractivity contribution < 1.29 is 9.90 Å². The van der Waals surface area contributed by atoms with Crippen molar-refractivity contribution in [3.05, 3.63) is 57.9 Å². The molecule has 0 atom stereocenters. The molecule has 0 aliphatic heterocycles. The average Bonchev–Trinajstić information content (AvgIpc) is 2.39. The van der Waals surface area contributed by atoms with Crippen LogP contribution in [0.15, 0.2) is 41.2 Å². The summed E-state index contributed by atoms with van der Waals surface area (Å²) in [6.45, 7) is 1.92. The highest BCUT2D eigenvalue weighted by Gasteiger charge is 2.13. The first-order valence-corrected chi connectivity index (χ1v) is 5.68. The molecule has 4 nitrogen and oxygen atoms in total. The summed E-state index contributed by atoms with van der Waals surface area (Å²) >= 11 is 0. The lowest BCUT2D eigenvalue weighted by atomic mass is 10.0. The third kappa shape index (κ3) is 2.18. The summed E-state index contributed by atoms with van der Waals surface area (Å²) in [6, 6.07) is 10.8. The fourth-order valence-corrected chi connectivity index (χ4v) is 1.87. The van der Waals surface area contributed by atoms with Crippen molar-refractivity contribution in [2.75, 3.05) is 0 Å². The molecule has 2 aromatic rings. The maximum atomic E-state index is 11.7. The molecule has 0 aliphatic rings. The quantitative estimate of drug-likeness (QED) is 0.869. The number of H-pyrrole nitrogens is 1. The molecule has 1 heterocycles. The number of hydrogen-bond acceptors (Lipinski definition) is 2. The number of rotatable bonds is 3. The number of pyridine rings is 1. The standard InChI is InChI=1S/C14H13NO3/c1-2-9-8-11(14(17)18)13(16)15-12(9)10-6-4-3-5-7-10/h3-8H,2H2,1H3,(H,15,16)(H,17,18). The van der Waals surface area contributed by atoms with Crippen molar-refractivity contribution in [1.82, 2.24) is 4.98 Å². The van der Waals surface area contributed by atoms with E-state index in [1.807, 2.05) is 37.3 Å². The maximum Gasteiger partial charge on any atom is 0.341 e. The molecule has 0 bridgehead atoms. The Morgan fingerprint density at radius 1 is 1.28 bits per heavy atom.